The summed E-state index contributed by atoms with van der Waals surface area (Å²) < 4.78 is 118. The zero-order valence-electron chi connectivity index (χ0n) is 5.78. The second-order valence-corrected chi connectivity index (χ2v) is 5.75. The Kier molecular flexibility index (Phi) is 4.06. The molecule has 0 aromatic rings. The van der Waals surface area contributed by atoms with Gasteiger partial charge in [0.15, 0.2) is 0 Å². The quantitative estimate of drug-likeness (QED) is 0.243. The Bertz CT molecular complexity index is 161. The molecule has 0 unspecified atom stereocenters. The Balaban J connectivity index is -0.000000180. The first kappa shape index (κ1) is 21.0. The van der Waals surface area contributed by atoms with Crippen LogP contribution in [0.5, 0.6) is 0 Å². The maximum atomic E-state index is 9.87. The molecule has 0 aliphatic rings. The van der Waals surface area contributed by atoms with Crippen molar-refractivity contribution in [1.82, 2.24) is 0 Å². The van der Waals surface area contributed by atoms with Crippen LogP contribution in [0.25, 0.3) is 0 Å². The molecule has 0 aliphatic heterocycles. The average Bonchev–Trinajstić information content (AvgIpc) is 0.938. The number of halogens is 12. The molecule has 0 fully saturated rings. The molecule has 104 valence electrons. The standard InChI is InChI=1S/2F6P.Ru/c2*1-7(2,3,4,5)6;/q2*-1;. The zero-order chi connectivity index (χ0) is 12.8. The number of rotatable bonds is 0. The van der Waals surface area contributed by atoms with Crippen molar-refractivity contribution in [2.45, 2.75) is 0 Å². The van der Waals surface area contributed by atoms with Crippen LogP contribution in [0.2, 0.25) is 0 Å². The van der Waals surface area contributed by atoms with Gasteiger partial charge < -0.3 is 0 Å². The second kappa shape index (κ2) is 2.90. The monoisotopic (exact) mass is 392 g/mol. The summed E-state index contributed by atoms with van der Waals surface area (Å²) >= 11 is 0. The third kappa shape index (κ3) is 5660. The SMILES string of the molecule is F[P-](F)(F)(F)(F)F.F[P-](F)(F)(F)(F)F.[Ru]. The molecular formula is F12P2Ru-2. The number of hydrogen-bond donors (Lipinski definition) is 0. The fourth-order valence-electron chi connectivity index (χ4n) is 0. The fourth-order valence-corrected chi connectivity index (χ4v) is 0. The van der Waals surface area contributed by atoms with Crippen LogP contribution in [0, 0.1) is 0 Å². The second-order valence-electron chi connectivity index (χ2n) is 1.92. The van der Waals surface area contributed by atoms with Gasteiger partial charge in [-0.2, -0.15) is 0 Å². The van der Waals surface area contributed by atoms with Crippen molar-refractivity contribution >= 4 is 15.6 Å². The average molecular weight is 391 g/mol. The summed E-state index contributed by atoms with van der Waals surface area (Å²) in [6, 6.07) is 0. The first-order valence-corrected chi connectivity index (χ1v) is 6.09. The predicted molar refractivity (Wildman–Crippen MR) is 27.1 cm³/mol. The van der Waals surface area contributed by atoms with Gasteiger partial charge in [-0.05, 0) is 0 Å². The Morgan fingerprint density at radius 2 is 0.333 bits per heavy atom. The Hall–Kier alpha value is 0.643. The third-order valence-electron chi connectivity index (χ3n) is 0. The Morgan fingerprint density at radius 3 is 0.333 bits per heavy atom. The summed E-state index contributed by atoms with van der Waals surface area (Å²) in [5.74, 6) is 0. The van der Waals surface area contributed by atoms with Crippen LogP contribution in [-0.2, 0) is 19.5 Å². The molecule has 0 heterocycles. The van der Waals surface area contributed by atoms with Crippen LogP contribution in [0.3, 0.4) is 0 Å². The fraction of sp³-hybridized carbons (Fsp3) is 0. The minimum absolute atomic E-state index is 0. The maximum Gasteiger partial charge on any atom is 0 e. The van der Waals surface area contributed by atoms with E-state index in [4.69, 9.17) is 0 Å². The zero-order valence-corrected chi connectivity index (χ0v) is 9.31. The predicted octanol–water partition coefficient (Wildman–Crippen LogP) is 6.76. The van der Waals surface area contributed by atoms with E-state index in [1.165, 1.54) is 0 Å². The van der Waals surface area contributed by atoms with Crippen molar-refractivity contribution in [3.63, 3.8) is 0 Å². The number of hydrogen-bond acceptors (Lipinski definition) is 0. The first-order valence-electron chi connectivity index (χ1n) is 2.03. The Morgan fingerprint density at radius 1 is 0.333 bits per heavy atom. The summed E-state index contributed by atoms with van der Waals surface area (Å²) in [4.78, 5) is 0. The summed E-state index contributed by atoms with van der Waals surface area (Å²) in [6.07, 6.45) is 0. The molecule has 0 rings (SSSR count). The van der Waals surface area contributed by atoms with Gasteiger partial charge in [0.05, 0.1) is 0 Å². The minimum atomic E-state index is -10.7. The van der Waals surface area contributed by atoms with Crippen LogP contribution in [-0.4, -0.2) is 0 Å². The van der Waals surface area contributed by atoms with Gasteiger partial charge in [0.25, 0.3) is 0 Å². The molecule has 0 nitrogen and oxygen atoms in total. The molecule has 0 aliphatic carbocycles. The van der Waals surface area contributed by atoms with Crippen molar-refractivity contribution in [2.75, 3.05) is 0 Å². The molecule has 0 aromatic carbocycles. The summed E-state index contributed by atoms with van der Waals surface area (Å²) in [6.45, 7) is 0. The van der Waals surface area contributed by atoms with Crippen molar-refractivity contribution in [2.24, 2.45) is 0 Å². The van der Waals surface area contributed by atoms with Crippen molar-refractivity contribution in [1.29, 1.82) is 0 Å². The van der Waals surface area contributed by atoms with Gasteiger partial charge in [0.1, 0.15) is 0 Å². The van der Waals surface area contributed by atoms with Crippen molar-refractivity contribution < 1.29 is 69.8 Å². The molecule has 15 heavy (non-hydrogen) atoms. The van der Waals surface area contributed by atoms with E-state index in [1.807, 2.05) is 0 Å². The topological polar surface area (TPSA) is 0 Å². The van der Waals surface area contributed by atoms with Gasteiger partial charge in [-0.25, -0.2) is 0 Å². The van der Waals surface area contributed by atoms with Gasteiger partial charge in [-0.15, -0.1) is 0 Å². The van der Waals surface area contributed by atoms with Gasteiger partial charge in [-0.3, -0.25) is 0 Å². The van der Waals surface area contributed by atoms with E-state index in [9.17, 15) is 50.4 Å². The first-order chi connectivity index (χ1) is 4.90. The molecular weight excluding hydrogens is 391 g/mol. The van der Waals surface area contributed by atoms with E-state index in [2.05, 4.69) is 0 Å². The third-order valence-corrected chi connectivity index (χ3v) is 0. The van der Waals surface area contributed by atoms with E-state index in [0.717, 1.165) is 0 Å². The normalized spacial score (nSPS) is 21.6. The van der Waals surface area contributed by atoms with Gasteiger partial charge in [0, 0.05) is 19.5 Å². The van der Waals surface area contributed by atoms with Gasteiger partial charge >= 0.3 is 66.0 Å². The van der Waals surface area contributed by atoms with Gasteiger partial charge in [-0.1, -0.05) is 0 Å². The van der Waals surface area contributed by atoms with Gasteiger partial charge in [0.2, 0.25) is 0 Å². The molecule has 0 radical (unpaired) electrons. The van der Waals surface area contributed by atoms with Crippen LogP contribution >= 0.6 is 15.6 Å². The molecule has 0 saturated carbocycles. The smallest absolute Gasteiger partial charge is 0 e. The van der Waals surface area contributed by atoms with Crippen LogP contribution in [0.15, 0.2) is 0 Å². The Labute approximate surface area is 86.2 Å². The van der Waals surface area contributed by atoms with Crippen LogP contribution < -0.4 is 0 Å². The molecule has 0 saturated heterocycles. The van der Waals surface area contributed by atoms with Crippen molar-refractivity contribution in [3.05, 3.63) is 0 Å². The van der Waals surface area contributed by atoms with Crippen molar-refractivity contribution in [3.8, 4) is 0 Å². The molecule has 0 atom stereocenters. The molecule has 0 aromatic heterocycles. The molecule has 0 amide bonds. The van der Waals surface area contributed by atoms with Crippen LogP contribution in [0.1, 0.15) is 0 Å². The van der Waals surface area contributed by atoms with E-state index < -0.39 is 15.6 Å². The largest absolute Gasteiger partial charge is 0 e. The van der Waals surface area contributed by atoms with Crippen LogP contribution in [0.4, 0.5) is 50.4 Å². The van der Waals surface area contributed by atoms with E-state index in [-0.39, 0.29) is 19.5 Å². The minimum Gasteiger partial charge on any atom is 0 e. The molecule has 0 spiro atoms. The summed E-state index contributed by atoms with van der Waals surface area (Å²) in [5.41, 5.74) is 0. The molecule has 0 bridgehead atoms. The maximum absolute atomic E-state index is 10.7. The molecule has 15 heteroatoms. The van der Waals surface area contributed by atoms with E-state index >= 15 is 0 Å². The van der Waals surface area contributed by atoms with E-state index in [1.54, 1.807) is 0 Å². The molecule has 0 N–H and O–H groups in total. The summed E-state index contributed by atoms with van der Waals surface area (Å²) in [5, 5.41) is 0. The summed E-state index contributed by atoms with van der Waals surface area (Å²) in [7, 11) is -21.3. The van der Waals surface area contributed by atoms with E-state index in [0.29, 0.717) is 0 Å².